The highest BCUT2D eigenvalue weighted by molar-refractivity contribution is 5.82. The lowest BCUT2D eigenvalue weighted by atomic mass is 9.72. The number of aliphatic hydroxyl groups excluding tert-OH is 19. The minimum atomic E-state index is -2.03. The molecule has 5 saturated heterocycles. The molecule has 5 aliphatic heterocycles. The number of carbonyl (C=O) groups excluding carboxylic acids is 2. The van der Waals surface area contributed by atoms with Gasteiger partial charge in [-0.25, -0.2) is 9.59 Å². The average Bonchev–Trinajstić information content (AvgIpc) is 0.938. The second-order valence-corrected chi connectivity index (χ2v) is 25.3. The van der Waals surface area contributed by atoms with Crippen LogP contribution in [0.15, 0.2) is 24.3 Å². The third-order valence-corrected chi connectivity index (χ3v) is 19.1. The fraction of sp³-hybridized carbons (Fsp3) is 0.895. The van der Waals surface area contributed by atoms with Crippen molar-refractivity contribution < 1.29 is 159 Å². The van der Waals surface area contributed by atoms with Crippen LogP contribution in [0.5, 0.6) is 0 Å². The van der Waals surface area contributed by atoms with Gasteiger partial charge in [0.25, 0.3) is 0 Å². The lowest BCUT2D eigenvalue weighted by Crippen LogP contribution is -2.65. The van der Waals surface area contributed by atoms with Gasteiger partial charge in [-0.1, -0.05) is 12.2 Å². The molecule has 5 heterocycles. The van der Waals surface area contributed by atoms with E-state index in [1.807, 2.05) is 0 Å². The van der Waals surface area contributed by atoms with Crippen LogP contribution in [0.1, 0.15) is 77.0 Å². The third-order valence-electron chi connectivity index (χ3n) is 19.1. The second kappa shape index (κ2) is 31.2. The van der Waals surface area contributed by atoms with E-state index in [2.05, 4.69) is 0 Å². The minimum Gasteiger partial charge on any atom is -0.460 e. The van der Waals surface area contributed by atoms with Gasteiger partial charge in [0, 0.05) is 18.1 Å². The van der Waals surface area contributed by atoms with Crippen molar-refractivity contribution >= 4 is 11.9 Å². The van der Waals surface area contributed by atoms with Crippen molar-refractivity contribution in [1.29, 1.82) is 0 Å². The second-order valence-electron chi connectivity index (χ2n) is 25.3. The molecule has 9 fully saturated rings. The fourth-order valence-corrected chi connectivity index (χ4v) is 13.7. The van der Waals surface area contributed by atoms with Crippen molar-refractivity contribution in [1.82, 2.24) is 0 Å². The maximum atomic E-state index is 13.1. The summed E-state index contributed by atoms with van der Waals surface area (Å²) in [5.74, 6) is -3.63. The van der Waals surface area contributed by atoms with Crippen LogP contribution >= 0.6 is 0 Å². The summed E-state index contributed by atoms with van der Waals surface area (Å²) in [7, 11) is 0. The number of allylic oxidation sites excluding steroid dienone is 2. The Morgan fingerprint density at radius 2 is 0.865 bits per heavy atom. The van der Waals surface area contributed by atoms with E-state index in [9.17, 15) is 107 Å². The van der Waals surface area contributed by atoms with E-state index in [-0.39, 0.29) is 63.7 Å². The van der Waals surface area contributed by atoms with E-state index >= 15 is 0 Å². The van der Waals surface area contributed by atoms with Crippen LogP contribution in [0.25, 0.3) is 0 Å². The predicted octanol–water partition coefficient (Wildman–Crippen LogP) is -8.29. The highest BCUT2D eigenvalue weighted by Gasteiger charge is 2.56. The lowest BCUT2D eigenvalue weighted by molar-refractivity contribution is -0.379. The molecule has 510 valence electrons. The van der Waals surface area contributed by atoms with E-state index in [4.69, 9.17) is 52.1 Å². The molecule has 0 amide bonds. The Hall–Kier alpha value is -2.70. The van der Waals surface area contributed by atoms with Crippen molar-refractivity contribution in [3.63, 3.8) is 0 Å². The molecule has 0 aromatic carbocycles. The number of carbonyl (C=O) groups is 2. The molecule has 0 spiro atoms. The third kappa shape index (κ3) is 16.7. The molecule has 0 aromatic rings. The molecule has 35 atom stereocenters. The minimum absolute atomic E-state index is 0.00852. The van der Waals surface area contributed by atoms with Crippen LogP contribution in [0.3, 0.4) is 0 Å². The largest absolute Gasteiger partial charge is 0.460 e. The molecule has 19 N–H and O–H groups in total. The molecule has 35 unspecified atom stereocenters. The van der Waals surface area contributed by atoms with E-state index in [1.165, 1.54) is 12.2 Å². The van der Waals surface area contributed by atoms with Crippen molar-refractivity contribution in [3.8, 4) is 0 Å². The summed E-state index contributed by atoms with van der Waals surface area (Å²) in [5, 5.41) is 202. The van der Waals surface area contributed by atoms with E-state index in [1.54, 1.807) is 0 Å². The summed E-state index contributed by atoms with van der Waals surface area (Å²) in [6.45, 7) is -2.83. The van der Waals surface area contributed by atoms with Gasteiger partial charge in [-0.05, 0) is 94.8 Å². The van der Waals surface area contributed by atoms with E-state index < -0.39 is 246 Å². The Bertz CT molecular complexity index is 2300. The normalized spacial score (nSPS) is 50.1. The topological polar surface area (TPSA) is 520 Å². The molecule has 32 heteroatoms. The van der Waals surface area contributed by atoms with Crippen LogP contribution < -0.4 is 0 Å². The Kier molecular flexibility index (Phi) is 24.8. The Morgan fingerprint density at radius 1 is 0.382 bits per heavy atom. The lowest BCUT2D eigenvalue weighted by Gasteiger charge is -2.51. The molecule has 32 nitrogen and oxygen atoms in total. The SMILES string of the molecule is O=C(C=CC1CCC(O)C(OC2OC(CO)C(O)C(O)C2O)C1)OCC1OC(OC2CCC(C=CC(=O)OCC3OC(OC4C(OC5CC6C(O)CC(O)CC6OC5C5CCC(O)C(O)C5)OC(CO)C(O)C4O)C(O)C(O)C3O)CC2O)C(O)C(O)C1O. The monoisotopic (exact) mass is 1290 g/mol. The number of esters is 2. The predicted molar refractivity (Wildman–Crippen MR) is 289 cm³/mol. The number of hydrogen-bond acceptors (Lipinski definition) is 32. The molecule has 0 bridgehead atoms. The summed E-state index contributed by atoms with van der Waals surface area (Å²) in [4.78, 5) is 25.9. The number of ether oxygens (including phenoxy) is 11. The number of aliphatic hydroxyl groups is 19. The van der Waals surface area contributed by atoms with Gasteiger partial charge in [-0.15, -0.1) is 0 Å². The number of rotatable bonds is 19. The first kappa shape index (κ1) is 70.6. The van der Waals surface area contributed by atoms with Gasteiger partial charge >= 0.3 is 11.9 Å². The summed E-state index contributed by atoms with van der Waals surface area (Å²) in [6, 6.07) is 0. The molecule has 9 rings (SSSR count). The molecule has 0 aromatic heterocycles. The maximum absolute atomic E-state index is 13.1. The van der Waals surface area contributed by atoms with Gasteiger partial charge in [-0.2, -0.15) is 0 Å². The van der Waals surface area contributed by atoms with Crippen LogP contribution in [0.4, 0.5) is 0 Å². The molecule has 9 aliphatic rings. The van der Waals surface area contributed by atoms with Crippen LogP contribution in [0.2, 0.25) is 0 Å². The highest BCUT2D eigenvalue weighted by Crippen LogP contribution is 2.44. The zero-order valence-electron chi connectivity index (χ0n) is 48.6. The van der Waals surface area contributed by atoms with Crippen LogP contribution in [0, 0.1) is 23.7 Å². The average molecular weight is 1290 g/mol. The standard InChI is InChI=1S/C57H90O32/c58-17-35-41(68)45(72)49(76)55(85-35)83-33-12-22(1-6-27(33)62)4-10-40(67)79-19-37-43(70)46(73)50(77)54(87-37)82-31-8-2-21(11-30(31)65)3-9-39(66)80-20-38-44(71)47(74)51(78)56(88-38)89-53-48(75)42(69)36(18-59)86-57(53)84-34-16-25-28(63)14-24(60)15-32(25)81-52(34)23-5-7-26(61)29(64)13-23/h3-4,9-10,21-38,41-65,68-78H,1-2,5-8,11-20H2. The van der Waals surface area contributed by atoms with Gasteiger partial charge in [0.15, 0.2) is 25.2 Å². The van der Waals surface area contributed by atoms with Gasteiger partial charge in [0.1, 0.15) is 111 Å². The smallest absolute Gasteiger partial charge is 0.330 e. The van der Waals surface area contributed by atoms with Gasteiger partial charge in [0.2, 0.25) is 0 Å². The summed E-state index contributed by atoms with van der Waals surface area (Å²) in [5.41, 5.74) is 0. The summed E-state index contributed by atoms with van der Waals surface area (Å²) >= 11 is 0. The van der Waals surface area contributed by atoms with Gasteiger partial charge < -0.3 is 149 Å². The van der Waals surface area contributed by atoms with E-state index in [0.717, 1.165) is 12.2 Å². The Balaban J connectivity index is 0.741. The molecule has 4 saturated carbocycles. The van der Waals surface area contributed by atoms with Crippen molar-refractivity contribution in [2.24, 2.45) is 23.7 Å². The first-order valence-electron chi connectivity index (χ1n) is 30.7. The number of fused-ring (bicyclic) bond motifs is 1. The Labute approximate surface area is 510 Å². The Morgan fingerprint density at radius 3 is 1.43 bits per heavy atom. The number of hydrogen-bond donors (Lipinski definition) is 19. The summed E-state index contributed by atoms with van der Waals surface area (Å²) < 4.78 is 64.1. The summed E-state index contributed by atoms with van der Waals surface area (Å²) in [6.07, 6.45) is -37.3. The molecular formula is C57H90O32. The molecule has 4 aliphatic carbocycles. The first-order chi connectivity index (χ1) is 42.3. The quantitative estimate of drug-likeness (QED) is 0.0422. The van der Waals surface area contributed by atoms with Gasteiger partial charge in [-0.3, -0.25) is 0 Å². The van der Waals surface area contributed by atoms with Gasteiger partial charge in [0.05, 0.1) is 80.4 Å². The van der Waals surface area contributed by atoms with Crippen molar-refractivity contribution in [2.45, 2.75) is 267 Å². The maximum Gasteiger partial charge on any atom is 0.330 e. The van der Waals surface area contributed by atoms with E-state index in [0.29, 0.717) is 19.3 Å². The zero-order valence-corrected chi connectivity index (χ0v) is 48.6. The molecule has 0 radical (unpaired) electrons. The zero-order chi connectivity index (χ0) is 64.3. The first-order valence-corrected chi connectivity index (χ1v) is 30.7. The van der Waals surface area contributed by atoms with Crippen LogP contribution in [-0.2, 0) is 61.7 Å². The van der Waals surface area contributed by atoms with Crippen molar-refractivity contribution in [2.75, 3.05) is 26.4 Å². The molecular weight excluding hydrogens is 1200 g/mol. The van der Waals surface area contributed by atoms with Crippen molar-refractivity contribution in [3.05, 3.63) is 24.3 Å². The highest BCUT2D eigenvalue weighted by atomic mass is 16.8. The van der Waals surface area contributed by atoms with Crippen LogP contribution in [-0.4, -0.2) is 325 Å². The molecule has 89 heavy (non-hydrogen) atoms. The fourth-order valence-electron chi connectivity index (χ4n) is 13.7.